The fourth-order valence-corrected chi connectivity index (χ4v) is 2.87. The quantitative estimate of drug-likeness (QED) is 0.437. The highest BCUT2D eigenvalue weighted by molar-refractivity contribution is 5.73. The summed E-state index contributed by atoms with van der Waals surface area (Å²) >= 11 is 0. The van der Waals surface area contributed by atoms with Crippen LogP contribution in [0.5, 0.6) is 0 Å². The van der Waals surface area contributed by atoms with Gasteiger partial charge in [0.1, 0.15) is 5.82 Å². The Morgan fingerprint density at radius 3 is 2.00 bits per heavy atom. The number of hydrogen-bond donors (Lipinski definition) is 3. The molecule has 1 aliphatic rings. The van der Waals surface area contributed by atoms with Crippen molar-refractivity contribution in [2.45, 2.75) is 12.4 Å². The summed E-state index contributed by atoms with van der Waals surface area (Å²) in [5, 5.41) is 17.6. The molecule has 1 saturated heterocycles. The van der Waals surface area contributed by atoms with Crippen molar-refractivity contribution < 1.29 is 50.5 Å². The summed E-state index contributed by atoms with van der Waals surface area (Å²) in [6, 6.07) is 6.56. The van der Waals surface area contributed by atoms with E-state index in [1.807, 2.05) is 16.7 Å². The number of carboxylic acid groups (broad SMARTS) is 2. The van der Waals surface area contributed by atoms with E-state index in [9.17, 15) is 30.7 Å². The Kier molecular flexibility index (Phi) is 9.16. The molecule has 4 rings (SSSR count). The van der Waals surface area contributed by atoms with Crippen LogP contribution in [-0.2, 0) is 9.59 Å². The van der Waals surface area contributed by atoms with Crippen molar-refractivity contribution in [2.24, 2.45) is 0 Å². The van der Waals surface area contributed by atoms with E-state index in [-0.39, 0.29) is 5.82 Å². The Morgan fingerprint density at radius 2 is 1.50 bits per heavy atom. The van der Waals surface area contributed by atoms with E-state index in [2.05, 4.69) is 20.2 Å². The van der Waals surface area contributed by atoms with Crippen LogP contribution in [0.2, 0.25) is 0 Å². The second kappa shape index (κ2) is 11.7. The number of nitrogens with one attached hydrogen (secondary N) is 1. The van der Waals surface area contributed by atoms with Gasteiger partial charge < -0.3 is 20.4 Å². The molecule has 0 spiro atoms. The van der Waals surface area contributed by atoms with Crippen LogP contribution in [0.3, 0.4) is 0 Å². The molecule has 1 aromatic carbocycles. The molecule has 36 heavy (non-hydrogen) atoms. The van der Waals surface area contributed by atoms with Gasteiger partial charge in [-0.2, -0.15) is 26.3 Å². The molecule has 2 aromatic heterocycles. The number of imidazole rings is 1. The number of aliphatic carboxylic acids is 2. The van der Waals surface area contributed by atoms with E-state index in [0.717, 1.165) is 48.9 Å². The number of piperazine rings is 1. The predicted molar refractivity (Wildman–Crippen MR) is 111 cm³/mol. The Labute approximate surface area is 197 Å². The molecule has 0 radical (unpaired) electrons. The SMILES string of the molecule is Fc1cccc(-c2cnc3c(N4CCNCC4)nccn23)c1.O=C(O)C(F)(F)F.O=C(O)C(F)(F)F. The Morgan fingerprint density at radius 1 is 0.944 bits per heavy atom. The summed E-state index contributed by atoms with van der Waals surface area (Å²) in [4.78, 5) is 29.0. The fraction of sp³-hybridized carbons (Fsp3) is 0.300. The van der Waals surface area contributed by atoms with Crippen molar-refractivity contribution in [3.05, 3.63) is 48.7 Å². The van der Waals surface area contributed by atoms with Gasteiger partial charge in [0.15, 0.2) is 11.5 Å². The van der Waals surface area contributed by atoms with Gasteiger partial charge in [0.05, 0.1) is 11.9 Å². The van der Waals surface area contributed by atoms with Gasteiger partial charge in [-0.15, -0.1) is 0 Å². The van der Waals surface area contributed by atoms with Crippen LogP contribution in [0, 0.1) is 5.82 Å². The molecule has 3 aromatic rings. The van der Waals surface area contributed by atoms with Gasteiger partial charge >= 0.3 is 24.3 Å². The largest absolute Gasteiger partial charge is 0.490 e. The minimum absolute atomic E-state index is 0.246. The van der Waals surface area contributed by atoms with Gasteiger partial charge in [0, 0.05) is 44.1 Å². The number of anilines is 1. The minimum Gasteiger partial charge on any atom is -0.475 e. The Bertz CT molecular complexity index is 1170. The first-order valence-corrected chi connectivity index (χ1v) is 9.85. The van der Waals surface area contributed by atoms with Gasteiger partial charge in [-0.05, 0) is 12.1 Å². The number of aromatic nitrogens is 3. The zero-order valence-corrected chi connectivity index (χ0v) is 18.0. The summed E-state index contributed by atoms with van der Waals surface area (Å²) < 4.78 is 78.9. The Balaban J connectivity index is 0.000000271. The number of hydrogen-bond acceptors (Lipinski definition) is 6. The smallest absolute Gasteiger partial charge is 0.475 e. The van der Waals surface area contributed by atoms with Crippen LogP contribution < -0.4 is 10.2 Å². The van der Waals surface area contributed by atoms with Crippen LogP contribution in [-0.4, -0.2) is 75.1 Å². The number of fused-ring (bicyclic) bond motifs is 1. The van der Waals surface area contributed by atoms with Gasteiger partial charge in [0.25, 0.3) is 0 Å². The van der Waals surface area contributed by atoms with Crippen LogP contribution >= 0.6 is 0 Å². The fourth-order valence-electron chi connectivity index (χ4n) is 2.87. The highest BCUT2D eigenvalue weighted by Gasteiger charge is 2.38. The van der Waals surface area contributed by atoms with Crippen molar-refractivity contribution >= 4 is 23.4 Å². The molecule has 3 N–H and O–H groups in total. The van der Waals surface area contributed by atoms with Gasteiger partial charge in [-0.1, -0.05) is 12.1 Å². The molecule has 16 heteroatoms. The standard InChI is InChI=1S/C16H16FN5.2C2HF3O2/c17-13-3-1-2-12(10-13)14-11-20-16-15(19-6-9-22(14)16)21-7-4-18-5-8-21;2*3-2(4,5)1(6)7/h1-3,6,9-11,18H,4-5,7-8H2;2*(H,6,7). The predicted octanol–water partition coefficient (Wildman–Crippen LogP) is 3.21. The maximum absolute atomic E-state index is 13.5. The minimum atomic E-state index is -5.08. The molecule has 0 saturated carbocycles. The summed E-state index contributed by atoms with van der Waals surface area (Å²) in [5.74, 6) is -4.88. The van der Waals surface area contributed by atoms with E-state index in [4.69, 9.17) is 19.8 Å². The lowest BCUT2D eigenvalue weighted by molar-refractivity contribution is -0.193. The van der Waals surface area contributed by atoms with Gasteiger partial charge in [0.2, 0.25) is 0 Å². The molecule has 1 fully saturated rings. The lowest BCUT2D eigenvalue weighted by Crippen LogP contribution is -2.44. The third-order valence-electron chi connectivity index (χ3n) is 4.43. The number of rotatable bonds is 2. The third-order valence-corrected chi connectivity index (χ3v) is 4.43. The van der Waals surface area contributed by atoms with Crippen molar-refractivity contribution in [3.63, 3.8) is 0 Å². The Hall–Kier alpha value is -3.95. The highest BCUT2D eigenvalue weighted by Crippen LogP contribution is 2.25. The zero-order chi connectivity index (χ0) is 27.1. The molecule has 0 bridgehead atoms. The average Bonchev–Trinajstić information content (AvgIpc) is 3.23. The summed E-state index contributed by atoms with van der Waals surface area (Å²) in [5.41, 5.74) is 2.49. The molecule has 3 heterocycles. The summed E-state index contributed by atoms with van der Waals surface area (Å²) in [6.45, 7) is 3.71. The molecule has 9 nitrogen and oxygen atoms in total. The number of halogens is 7. The maximum Gasteiger partial charge on any atom is 0.490 e. The first-order chi connectivity index (χ1) is 16.7. The second-order valence-electron chi connectivity index (χ2n) is 6.94. The molecular formula is C20H18F7N5O4. The second-order valence-corrected chi connectivity index (χ2v) is 6.94. The molecule has 0 unspecified atom stereocenters. The van der Waals surface area contributed by atoms with E-state index >= 15 is 0 Å². The molecule has 0 amide bonds. The first-order valence-electron chi connectivity index (χ1n) is 9.85. The van der Waals surface area contributed by atoms with E-state index < -0.39 is 24.3 Å². The molecular weight excluding hydrogens is 507 g/mol. The monoisotopic (exact) mass is 525 g/mol. The normalized spacial score (nSPS) is 13.8. The van der Waals surface area contributed by atoms with Crippen LogP contribution in [0.25, 0.3) is 16.9 Å². The van der Waals surface area contributed by atoms with Gasteiger partial charge in [-0.25, -0.2) is 23.9 Å². The molecule has 0 aliphatic carbocycles. The number of carbonyl (C=O) groups is 2. The number of carboxylic acids is 2. The highest BCUT2D eigenvalue weighted by atomic mass is 19.4. The summed E-state index contributed by atoms with van der Waals surface area (Å²) in [7, 11) is 0. The van der Waals surface area contributed by atoms with E-state index in [0.29, 0.717) is 0 Å². The zero-order valence-electron chi connectivity index (χ0n) is 18.0. The van der Waals surface area contributed by atoms with Crippen molar-refractivity contribution in [1.82, 2.24) is 19.7 Å². The van der Waals surface area contributed by atoms with Crippen molar-refractivity contribution in [3.8, 4) is 11.3 Å². The number of benzene rings is 1. The first kappa shape index (κ1) is 28.3. The molecule has 1 aliphatic heterocycles. The molecule has 0 atom stereocenters. The average molecular weight is 525 g/mol. The van der Waals surface area contributed by atoms with Crippen LogP contribution in [0.1, 0.15) is 0 Å². The van der Waals surface area contributed by atoms with E-state index in [1.165, 1.54) is 12.1 Å². The van der Waals surface area contributed by atoms with Crippen molar-refractivity contribution in [1.29, 1.82) is 0 Å². The van der Waals surface area contributed by atoms with E-state index in [1.54, 1.807) is 18.5 Å². The van der Waals surface area contributed by atoms with Crippen molar-refractivity contribution in [2.75, 3.05) is 31.1 Å². The molecule has 196 valence electrons. The number of nitrogens with zero attached hydrogens (tertiary/aromatic N) is 4. The lowest BCUT2D eigenvalue weighted by atomic mass is 10.1. The van der Waals surface area contributed by atoms with Gasteiger partial charge in [-0.3, -0.25) is 4.40 Å². The maximum atomic E-state index is 13.5. The topological polar surface area (TPSA) is 120 Å². The number of alkyl halides is 6. The summed E-state index contributed by atoms with van der Waals surface area (Å²) in [6.07, 6.45) is -4.75. The third kappa shape index (κ3) is 7.79. The lowest BCUT2D eigenvalue weighted by Gasteiger charge is -2.28. The van der Waals surface area contributed by atoms with Crippen LogP contribution in [0.4, 0.5) is 36.6 Å². The van der Waals surface area contributed by atoms with Crippen LogP contribution in [0.15, 0.2) is 42.9 Å².